The van der Waals surface area contributed by atoms with E-state index in [-0.39, 0.29) is 11.9 Å². The molecule has 21 heavy (non-hydrogen) atoms. The molecule has 2 unspecified atom stereocenters. The van der Waals surface area contributed by atoms with Crippen LogP contribution in [0, 0.1) is 5.92 Å². The van der Waals surface area contributed by atoms with Crippen LogP contribution in [0.25, 0.3) is 9.88 Å². The fraction of sp³-hybridized carbons (Fsp3) is 0.357. The molecule has 110 valence electrons. The summed E-state index contributed by atoms with van der Waals surface area (Å²) in [6, 6.07) is 3.61. The molecule has 5 nitrogen and oxygen atoms in total. The van der Waals surface area contributed by atoms with Crippen LogP contribution in [0.2, 0.25) is 0 Å². The van der Waals surface area contributed by atoms with Crippen molar-refractivity contribution < 1.29 is 14.7 Å². The number of hydrogen-bond donors (Lipinski definition) is 2. The van der Waals surface area contributed by atoms with Crippen LogP contribution >= 0.6 is 22.7 Å². The second-order valence-electron chi connectivity index (χ2n) is 4.97. The second-order valence-corrected chi connectivity index (χ2v) is 6.78. The molecular formula is C14H14N2O3S2. The summed E-state index contributed by atoms with van der Waals surface area (Å²) in [7, 11) is 0. The minimum Gasteiger partial charge on any atom is -0.481 e. The van der Waals surface area contributed by atoms with Crippen molar-refractivity contribution in [3.63, 3.8) is 0 Å². The molecule has 1 aliphatic carbocycles. The van der Waals surface area contributed by atoms with Crippen LogP contribution < -0.4 is 5.32 Å². The zero-order valence-electron chi connectivity index (χ0n) is 11.1. The Morgan fingerprint density at radius 1 is 1.33 bits per heavy atom. The predicted octanol–water partition coefficient (Wildman–Crippen LogP) is 2.85. The van der Waals surface area contributed by atoms with Crippen molar-refractivity contribution in [1.29, 1.82) is 0 Å². The van der Waals surface area contributed by atoms with E-state index in [1.165, 1.54) is 11.3 Å². The van der Waals surface area contributed by atoms with E-state index in [2.05, 4.69) is 10.3 Å². The van der Waals surface area contributed by atoms with Crippen LogP contribution in [0.4, 0.5) is 0 Å². The van der Waals surface area contributed by atoms with Gasteiger partial charge in [-0.05, 0) is 24.3 Å². The zero-order valence-corrected chi connectivity index (χ0v) is 12.7. The standard InChI is InChI=1S/C14H14N2O3S2/c17-12(15-9-4-1-3-8(9)14(18)19)10-7-21-13(16-10)11-5-2-6-20-11/h2,5-9H,1,3-4H2,(H,15,17)(H,18,19). The average molecular weight is 322 g/mol. The number of rotatable bonds is 4. The number of aromatic nitrogens is 1. The van der Waals surface area contributed by atoms with Crippen molar-refractivity contribution in [2.45, 2.75) is 25.3 Å². The van der Waals surface area contributed by atoms with E-state index in [9.17, 15) is 9.59 Å². The maximum atomic E-state index is 12.2. The Kier molecular flexibility index (Phi) is 4.03. The third kappa shape index (κ3) is 2.98. The first-order valence-corrected chi connectivity index (χ1v) is 8.44. The summed E-state index contributed by atoms with van der Waals surface area (Å²) in [6.45, 7) is 0. The lowest BCUT2D eigenvalue weighted by atomic mass is 10.0. The van der Waals surface area contributed by atoms with Crippen molar-refractivity contribution in [2.24, 2.45) is 5.92 Å². The summed E-state index contributed by atoms with van der Waals surface area (Å²) in [5.41, 5.74) is 0.361. The summed E-state index contributed by atoms with van der Waals surface area (Å²) in [4.78, 5) is 28.7. The monoisotopic (exact) mass is 322 g/mol. The third-order valence-electron chi connectivity index (χ3n) is 3.62. The normalized spacial score (nSPS) is 21.3. The molecule has 2 N–H and O–H groups in total. The molecule has 1 fully saturated rings. The minimum absolute atomic E-state index is 0.285. The Morgan fingerprint density at radius 2 is 2.19 bits per heavy atom. The highest BCUT2D eigenvalue weighted by atomic mass is 32.1. The number of nitrogens with zero attached hydrogens (tertiary/aromatic N) is 1. The number of nitrogens with one attached hydrogen (secondary N) is 1. The molecule has 0 radical (unpaired) electrons. The first-order chi connectivity index (χ1) is 10.1. The van der Waals surface area contributed by atoms with E-state index in [1.54, 1.807) is 16.7 Å². The number of carboxylic acid groups (broad SMARTS) is 1. The SMILES string of the molecule is O=C(NC1CCCC1C(=O)O)c1csc(-c2cccs2)n1. The minimum atomic E-state index is -0.838. The lowest BCUT2D eigenvalue weighted by molar-refractivity contribution is -0.142. The molecule has 0 spiro atoms. The number of aliphatic carboxylic acids is 1. The van der Waals surface area contributed by atoms with Gasteiger partial charge in [0.05, 0.1) is 10.8 Å². The van der Waals surface area contributed by atoms with Crippen molar-refractivity contribution in [3.05, 3.63) is 28.6 Å². The molecule has 1 saturated carbocycles. The molecule has 2 aromatic heterocycles. The molecule has 0 aromatic carbocycles. The lowest BCUT2D eigenvalue weighted by Gasteiger charge is -2.16. The van der Waals surface area contributed by atoms with E-state index in [4.69, 9.17) is 5.11 Å². The first-order valence-electron chi connectivity index (χ1n) is 6.68. The van der Waals surface area contributed by atoms with Gasteiger partial charge in [-0.15, -0.1) is 22.7 Å². The van der Waals surface area contributed by atoms with Crippen molar-refractivity contribution in [2.75, 3.05) is 0 Å². The van der Waals surface area contributed by atoms with E-state index >= 15 is 0 Å². The molecule has 1 amide bonds. The molecular weight excluding hydrogens is 308 g/mol. The van der Waals surface area contributed by atoms with Gasteiger partial charge >= 0.3 is 5.97 Å². The molecule has 1 aliphatic rings. The average Bonchev–Trinajstić information content (AvgIpc) is 3.19. The Hall–Kier alpha value is -1.73. The van der Waals surface area contributed by atoms with Gasteiger partial charge in [0.15, 0.2) is 0 Å². The van der Waals surface area contributed by atoms with Crippen molar-refractivity contribution >= 4 is 34.6 Å². The topological polar surface area (TPSA) is 79.3 Å². The Balaban J connectivity index is 1.70. The maximum Gasteiger partial charge on any atom is 0.308 e. The van der Waals surface area contributed by atoms with E-state index in [0.717, 1.165) is 16.3 Å². The van der Waals surface area contributed by atoms with Gasteiger partial charge in [-0.2, -0.15) is 0 Å². The summed E-state index contributed by atoms with van der Waals surface area (Å²) in [5.74, 6) is -1.60. The van der Waals surface area contributed by atoms with E-state index in [1.807, 2.05) is 17.5 Å². The number of carbonyl (C=O) groups is 2. The first kappa shape index (κ1) is 14.2. The highest BCUT2D eigenvalue weighted by Gasteiger charge is 2.34. The van der Waals surface area contributed by atoms with Gasteiger partial charge < -0.3 is 10.4 Å². The number of thiophene rings is 1. The van der Waals surface area contributed by atoms with Gasteiger partial charge in [0.1, 0.15) is 10.7 Å². The van der Waals surface area contributed by atoms with Crippen molar-refractivity contribution in [1.82, 2.24) is 10.3 Å². The largest absolute Gasteiger partial charge is 0.481 e. The van der Waals surface area contributed by atoms with Crippen LogP contribution in [0.3, 0.4) is 0 Å². The number of hydrogen-bond acceptors (Lipinski definition) is 5. The van der Waals surface area contributed by atoms with Gasteiger partial charge in [0.25, 0.3) is 5.91 Å². The number of amides is 1. The van der Waals surface area contributed by atoms with Crippen LogP contribution in [0.15, 0.2) is 22.9 Å². The smallest absolute Gasteiger partial charge is 0.308 e. The Labute approximate surface area is 129 Å². The van der Waals surface area contributed by atoms with Gasteiger partial charge in [-0.25, -0.2) is 4.98 Å². The van der Waals surface area contributed by atoms with Crippen LogP contribution in [0.1, 0.15) is 29.8 Å². The van der Waals surface area contributed by atoms with Gasteiger partial charge in [0.2, 0.25) is 0 Å². The Bertz CT molecular complexity index is 651. The fourth-order valence-corrected chi connectivity index (χ4v) is 4.18. The molecule has 0 bridgehead atoms. The quantitative estimate of drug-likeness (QED) is 0.907. The Morgan fingerprint density at radius 3 is 2.90 bits per heavy atom. The third-order valence-corrected chi connectivity index (χ3v) is 5.50. The molecule has 0 aliphatic heterocycles. The second kappa shape index (κ2) is 5.95. The number of carboxylic acids is 1. The highest BCUT2D eigenvalue weighted by Crippen LogP contribution is 2.29. The van der Waals surface area contributed by atoms with Gasteiger partial charge in [-0.1, -0.05) is 12.5 Å². The lowest BCUT2D eigenvalue weighted by Crippen LogP contribution is -2.40. The van der Waals surface area contributed by atoms with Crippen LogP contribution in [-0.4, -0.2) is 28.0 Å². The molecule has 3 rings (SSSR count). The summed E-state index contributed by atoms with van der Waals surface area (Å²) >= 11 is 3.00. The summed E-state index contributed by atoms with van der Waals surface area (Å²) < 4.78 is 0. The maximum absolute atomic E-state index is 12.2. The molecule has 2 heterocycles. The number of carbonyl (C=O) groups excluding carboxylic acids is 1. The van der Waals surface area contributed by atoms with Crippen LogP contribution in [0.5, 0.6) is 0 Å². The predicted molar refractivity (Wildman–Crippen MR) is 81.7 cm³/mol. The highest BCUT2D eigenvalue weighted by molar-refractivity contribution is 7.20. The molecule has 7 heteroatoms. The van der Waals surface area contributed by atoms with Crippen LogP contribution in [-0.2, 0) is 4.79 Å². The van der Waals surface area contributed by atoms with Crippen molar-refractivity contribution in [3.8, 4) is 9.88 Å². The van der Waals surface area contributed by atoms with E-state index in [0.29, 0.717) is 18.5 Å². The fourth-order valence-electron chi connectivity index (χ4n) is 2.56. The van der Waals surface area contributed by atoms with Gasteiger partial charge in [-0.3, -0.25) is 9.59 Å². The van der Waals surface area contributed by atoms with E-state index < -0.39 is 11.9 Å². The summed E-state index contributed by atoms with van der Waals surface area (Å²) in [6.07, 6.45) is 2.17. The molecule has 0 saturated heterocycles. The summed E-state index contributed by atoms with van der Waals surface area (Å²) in [5, 5.41) is 16.4. The number of thiazole rings is 1. The van der Waals surface area contributed by atoms with Gasteiger partial charge in [0, 0.05) is 11.4 Å². The molecule has 2 aromatic rings. The zero-order chi connectivity index (χ0) is 14.8. The molecule has 2 atom stereocenters.